The van der Waals surface area contributed by atoms with Gasteiger partial charge >= 0.3 is 0 Å². The lowest BCUT2D eigenvalue weighted by Crippen LogP contribution is -2.17. The second-order valence-corrected chi connectivity index (χ2v) is 4.86. The number of aliphatic hydroxyl groups excluding tert-OH is 1. The van der Waals surface area contributed by atoms with Crippen LogP contribution in [0.25, 0.3) is 0 Å². The second-order valence-electron chi connectivity index (χ2n) is 3.63. The lowest BCUT2D eigenvalue weighted by atomic mass is 10.3. The lowest BCUT2D eigenvalue weighted by Gasteiger charge is -2.12. The van der Waals surface area contributed by atoms with Crippen LogP contribution in [0.15, 0.2) is 16.0 Å². The molecule has 1 fully saturated rings. The third-order valence-corrected chi connectivity index (χ3v) is 3.69. The van der Waals surface area contributed by atoms with Crippen LogP contribution in [0.2, 0.25) is 0 Å². The van der Waals surface area contributed by atoms with Gasteiger partial charge in [-0.1, -0.05) is 11.8 Å². The smallest absolute Gasteiger partial charge is 0.253 e. The van der Waals surface area contributed by atoms with E-state index in [0.717, 1.165) is 19.3 Å². The van der Waals surface area contributed by atoms with Crippen LogP contribution in [-0.2, 0) is 0 Å². The summed E-state index contributed by atoms with van der Waals surface area (Å²) in [6.45, 7) is 0. The number of H-pyrrole nitrogens is 1. The fourth-order valence-electron chi connectivity index (χ4n) is 1.70. The number of aliphatic hydroxyl groups is 1. The van der Waals surface area contributed by atoms with Gasteiger partial charge in [0, 0.05) is 11.3 Å². The highest BCUT2D eigenvalue weighted by Gasteiger charge is 2.26. The molecule has 15 heavy (non-hydrogen) atoms. The highest BCUT2D eigenvalue weighted by molar-refractivity contribution is 7.99. The summed E-state index contributed by atoms with van der Waals surface area (Å²) in [7, 11) is 0. The van der Waals surface area contributed by atoms with Crippen molar-refractivity contribution in [3.05, 3.63) is 16.4 Å². The van der Waals surface area contributed by atoms with Crippen molar-refractivity contribution in [2.45, 2.75) is 35.8 Å². The zero-order chi connectivity index (χ0) is 10.8. The molecule has 2 rings (SSSR count). The Morgan fingerprint density at radius 2 is 2.40 bits per heavy atom. The Hall–Kier alpha value is -1.01. The van der Waals surface area contributed by atoms with Gasteiger partial charge in [0.05, 0.1) is 6.10 Å². The maximum atomic E-state index is 11.1. The van der Waals surface area contributed by atoms with E-state index in [1.807, 2.05) is 0 Å². The molecular weight excluding hydrogens is 214 g/mol. The monoisotopic (exact) mass is 227 g/mol. The molecule has 0 unspecified atom stereocenters. The predicted molar refractivity (Wildman–Crippen MR) is 58.8 cm³/mol. The van der Waals surface area contributed by atoms with Crippen LogP contribution < -0.4 is 11.3 Å². The molecule has 5 nitrogen and oxygen atoms in total. The van der Waals surface area contributed by atoms with Crippen LogP contribution in [-0.4, -0.2) is 26.4 Å². The molecule has 1 aliphatic rings. The fourth-order valence-corrected chi connectivity index (χ4v) is 2.88. The minimum absolute atomic E-state index is 0.120. The molecule has 0 aromatic carbocycles. The molecular formula is C9H13N3O2S. The first kappa shape index (κ1) is 10.5. The van der Waals surface area contributed by atoms with Gasteiger partial charge in [0.1, 0.15) is 5.82 Å². The van der Waals surface area contributed by atoms with Gasteiger partial charge in [-0.15, -0.1) is 0 Å². The molecule has 0 spiro atoms. The zero-order valence-electron chi connectivity index (χ0n) is 8.14. The van der Waals surface area contributed by atoms with E-state index >= 15 is 0 Å². The predicted octanol–water partition coefficient (Wildman–Crippen LogP) is 0.358. The number of anilines is 1. The number of nitrogens with zero attached hydrogens (tertiary/aromatic N) is 1. The molecule has 1 aliphatic carbocycles. The number of hydrogen-bond donors (Lipinski definition) is 3. The van der Waals surface area contributed by atoms with E-state index in [-0.39, 0.29) is 22.7 Å². The number of nitrogens with two attached hydrogens (primary N) is 1. The maximum absolute atomic E-state index is 11.1. The highest BCUT2D eigenvalue weighted by atomic mass is 32.2. The van der Waals surface area contributed by atoms with Crippen molar-refractivity contribution in [3.63, 3.8) is 0 Å². The number of thioether (sulfide) groups is 1. The Bertz CT molecular complexity index is 407. The summed E-state index contributed by atoms with van der Waals surface area (Å²) >= 11 is 1.39. The SMILES string of the molecule is Nc1cc(=O)[nH]c(S[C@@H]2CCC[C@H]2O)n1. The van der Waals surface area contributed by atoms with Gasteiger partial charge < -0.3 is 15.8 Å². The van der Waals surface area contributed by atoms with Crippen LogP contribution in [0.5, 0.6) is 0 Å². The number of aromatic nitrogens is 2. The zero-order valence-corrected chi connectivity index (χ0v) is 8.96. The van der Waals surface area contributed by atoms with E-state index in [2.05, 4.69) is 9.97 Å². The van der Waals surface area contributed by atoms with E-state index in [1.165, 1.54) is 17.8 Å². The van der Waals surface area contributed by atoms with E-state index in [4.69, 9.17) is 5.73 Å². The highest BCUT2D eigenvalue weighted by Crippen LogP contribution is 2.32. The van der Waals surface area contributed by atoms with E-state index in [0.29, 0.717) is 5.16 Å². The third-order valence-electron chi connectivity index (χ3n) is 2.42. The van der Waals surface area contributed by atoms with Crippen molar-refractivity contribution in [2.24, 2.45) is 0 Å². The first-order chi connectivity index (χ1) is 7.15. The van der Waals surface area contributed by atoms with Gasteiger partial charge in [-0.05, 0) is 19.3 Å². The Morgan fingerprint density at radius 1 is 1.60 bits per heavy atom. The van der Waals surface area contributed by atoms with Crippen molar-refractivity contribution in [1.82, 2.24) is 9.97 Å². The van der Waals surface area contributed by atoms with Crippen LogP contribution in [0.1, 0.15) is 19.3 Å². The first-order valence-electron chi connectivity index (χ1n) is 4.87. The normalized spacial score (nSPS) is 25.7. The van der Waals surface area contributed by atoms with E-state index in [1.54, 1.807) is 0 Å². The maximum Gasteiger partial charge on any atom is 0.253 e. The third kappa shape index (κ3) is 2.51. The Balaban J connectivity index is 2.13. The quantitative estimate of drug-likeness (QED) is 0.634. The number of nitrogens with one attached hydrogen (secondary N) is 1. The average molecular weight is 227 g/mol. The largest absolute Gasteiger partial charge is 0.392 e. The molecule has 1 aromatic heterocycles. The molecule has 82 valence electrons. The Labute approximate surface area is 91.1 Å². The summed E-state index contributed by atoms with van der Waals surface area (Å²) < 4.78 is 0. The van der Waals surface area contributed by atoms with Crippen LogP contribution in [0.3, 0.4) is 0 Å². The Morgan fingerprint density at radius 3 is 3.00 bits per heavy atom. The van der Waals surface area contributed by atoms with Gasteiger partial charge in [0.15, 0.2) is 5.16 Å². The standard InChI is InChI=1S/C9H13N3O2S/c10-7-4-8(14)12-9(11-7)15-6-3-1-2-5(6)13/h4-6,13H,1-3H2,(H3,10,11,12,14)/t5-,6-/m1/s1. The summed E-state index contributed by atoms with van der Waals surface area (Å²) in [6, 6.07) is 1.25. The number of aromatic amines is 1. The molecule has 1 aromatic rings. The summed E-state index contributed by atoms with van der Waals surface area (Å²) in [5.41, 5.74) is 5.21. The van der Waals surface area contributed by atoms with Gasteiger partial charge in [0.2, 0.25) is 0 Å². The van der Waals surface area contributed by atoms with Crippen molar-refractivity contribution in [2.75, 3.05) is 5.73 Å². The molecule has 2 atom stereocenters. The second kappa shape index (κ2) is 4.24. The van der Waals surface area contributed by atoms with Gasteiger partial charge in [-0.3, -0.25) is 4.79 Å². The van der Waals surface area contributed by atoms with Crippen molar-refractivity contribution in [3.8, 4) is 0 Å². The first-order valence-corrected chi connectivity index (χ1v) is 5.74. The fraction of sp³-hybridized carbons (Fsp3) is 0.556. The van der Waals surface area contributed by atoms with Crippen LogP contribution in [0.4, 0.5) is 5.82 Å². The minimum Gasteiger partial charge on any atom is -0.392 e. The van der Waals surface area contributed by atoms with Gasteiger partial charge in [-0.25, -0.2) is 4.98 Å². The minimum atomic E-state index is -0.304. The topological polar surface area (TPSA) is 92.0 Å². The molecule has 1 heterocycles. The molecule has 0 aliphatic heterocycles. The molecule has 6 heteroatoms. The molecule has 0 amide bonds. The van der Waals surface area contributed by atoms with Crippen molar-refractivity contribution >= 4 is 17.6 Å². The molecule has 0 saturated heterocycles. The molecule has 0 bridgehead atoms. The van der Waals surface area contributed by atoms with Crippen molar-refractivity contribution in [1.29, 1.82) is 0 Å². The summed E-state index contributed by atoms with van der Waals surface area (Å²) in [6.07, 6.45) is 2.49. The number of hydrogen-bond acceptors (Lipinski definition) is 5. The Kier molecular flexibility index (Phi) is 2.97. The molecule has 1 saturated carbocycles. The summed E-state index contributed by atoms with van der Waals surface area (Å²) in [4.78, 5) is 17.7. The van der Waals surface area contributed by atoms with E-state index < -0.39 is 0 Å². The van der Waals surface area contributed by atoms with Gasteiger partial charge in [0.25, 0.3) is 5.56 Å². The molecule has 0 radical (unpaired) electrons. The number of nitrogen functional groups attached to an aromatic ring is 1. The lowest BCUT2D eigenvalue weighted by molar-refractivity contribution is 0.188. The van der Waals surface area contributed by atoms with E-state index in [9.17, 15) is 9.90 Å². The molecule has 4 N–H and O–H groups in total. The number of rotatable bonds is 2. The van der Waals surface area contributed by atoms with Crippen molar-refractivity contribution < 1.29 is 5.11 Å². The summed E-state index contributed by atoms with van der Waals surface area (Å²) in [5, 5.41) is 10.2. The van der Waals surface area contributed by atoms with Crippen LogP contribution >= 0.6 is 11.8 Å². The van der Waals surface area contributed by atoms with Gasteiger partial charge in [-0.2, -0.15) is 0 Å². The summed E-state index contributed by atoms with van der Waals surface area (Å²) in [5.74, 6) is 0.216. The van der Waals surface area contributed by atoms with Crippen LogP contribution in [0, 0.1) is 0 Å². The average Bonchev–Trinajstić information content (AvgIpc) is 2.50.